The van der Waals surface area contributed by atoms with Crippen LogP contribution in [0.1, 0.15) is 56.9 Å². The summed E-state index contributed by atoms with van der Waals surface area (Å²) >= 11 is 0. The molecule has 9 nitrogen and oxygen atoms in total. The van der Waals surface area contributed by atoms with Crippen LogP contribution in [0.15, 0.2) is 121 Å². The van der Waals surface area contributed by atoms with Crippen LogP contribution in [0.25, 0.3) is 0 Å². The number of carbonyl (C=O) groups excluding carboxylic acids is 2. The second-order valence-corrected chi connectivity index (χ2v) is 20.1. The maximum absolute atomic E-state index is 13.2. The summed E-state index contributed by atoms with van der Waals surface area (Å²) in [7, 11) is -2.31. The van der Waals surface area contributed by atoms with Crippen LogP contribution in [0, 0.1) is 0 Å². The lowest BCUT2D eigenvalue weighted by molar-refractivity contribution is -0.191. The van der Waals surface area contributed by atoms with E-state index in [1.807, 2.05) is 121 Å². The molecule has 0 bridgehead atoms. The zero-order valence-electron chi connectivity index (χ0n) is 33.4. The van der Waals surface area contributed by atoms with Crippen LogP contribution in [0.3, 0.4) is 0 Å². The van der Waals surface area contributed by atoms with Crippen molar-refractivity contribution in [3.8, 4) is 0 Å². The quantitative estimate of drug-likeness (QED) is 0.0629. The molecular weight excluding hydrogens is 711 g/mol. The van der Waals surface area contributed by atoms with Gasteiger partial charge in [0, 0.05) is 13.8 Å². The van der Waals surface area contributed by atoms with Crippen molar-refractivity contribution in [3.63, 3.8) is 0 Å². The predicted octanol–water partition coefficient (Wildman–Crippen LogP) is 8.42. The molecule has 4 aromatic rings. The number of nitrogens with one attached hydrogen (secondary N) is 1. The molecule has 1 N–H and O–H groups in total. The van der Waals surface area contributed by atoms with Gasteiger partial charge in [0.1, 0.15) is 18.3 Å². The number of amides is 1. The maximum atomic E-state index is 13.2. The van der Waals surface area contributed by atoms with Crippen molar-refractivity contribution in [1.29, 1.82) is 0 Å². The molecule has 296 valence electrons. The van der Waals surface area contributed by atoms with Crippen molar-refractivity contribution in [2.75, 3.05) is 13.2 Å². The molecule has 0 heterocycles. The van der Waals surface area contributed by atoms with E-state index in [2.05, 4.69) is 39.2 Å². The third-order valence-electron chi connectivity index (χ3n) is 9.82. The summed E-state index contributed by atoms with van der Waals surface area (Å²) in [6.45, 7) is 14.9. The SMILES string of the molecule is CC(=O)N[C@@H]([C@@H](OC(C)=O)[C@H](OCc1ccccc1)[C@@H](COCc1ccccc1)OCc1ccccc1)[C@H](CO[Si](C)(C)C(C)(C)C)OCc1ccccc1. The number of hydrogen-bond acceptors (Lipinski definition) is 8. The molecular formula is C45H59NO8Si. The van der Waals surface area contributed by atoms with Gasteiger partial charge in [-0.2, -0.15) is 0 Å². The fourth-order valence-corrected chi connectivity index (χ4v) is 6.77. The molecule has 0 spiro atoms. The van der Waals surface area contributed by atoms with Gasteiger partial charge in [0.2, 0.25) is 5.91 Å². The lowest BCUT2D eigenvalue weighted by atomic mass is 9.95. The van der Waals surface area contributed by atoms with E-state index < -0.39 is 44.7 Å². The van der Waals surface area contributed by atoms with E-state index in [1.165, 1.54) is 13.8 Å². The molecule has 0 aromatic heterocycles. The number of rotatable bonds is 22. The molecule has 0 aliphatic rings. The Hall–Kier alpha value is -4.16. The average molecular weight is 770 g/mol. The molecule has 4 rings (SSSR count). The first-order chi connectivity index (χ1) is 26.3. The fraction of sp³-hybridized carbons (Fsp3) is 0.422. The molecule has 0 saturated carbocycles. The minimum absolute atomic E-state index is 0.0937. The number of carbonyl (C=O) groups is 2. The predicted molar refractivity (Wildman–Crippen MR) is 217 cm³/mol. The second kappa shape index (κ2) is 21.8. The van der Waals surface area contributed by atoms with Crippen LogP contribution in [0.4, 0.5) is 0 Å². The molecule has 55 heavy (non-hydrogen) atoms. The Balaban J connectivity index is 1.79. The van der Waals surface area contributed by atoms with Crippen molar-refractivity contribution in [2.24, 2.45) is 0 Å². The highest BCUT2D eigenvalue weighted by Gasteiger charge is 2.45. The average Bonchev–Trinajstić information content (AvgIpc) is 3.16. The van der Waals surface area contributed by atoms with E-state index in [0.29, 0.717) is 6.61 Å². The number of esters is 1. The van der Waals surface area contributed by atoms with E-state index in [0.717, 1.165) is 22.3 Å². The first-order valence-corrected chi connectivity index (χ1v) is 21.9. The van der Waals surface area contributed by atoms with Crippen molar-refractivity contribution in [1.82, 2.24) is 5.32 Å². The molecule has 0 radical (unpaired) electrons. The lowest BCUT2D eigenvalue weighted by Gasteiger charge is -2.42. The monoisotopic (exact) mass is 769 g/mol. The smallest absolute Gasteiger partial charge is 0.303 e. The van der Waals surface area contributed by atoms with Gasteiger partial charge in [0.25, 0.3) is 0 Å². The van der Waals surface area contributed by atoms with E-state index in [9.17, 15) is 9.59 Å². The summed E-state index contributed by atoms with van der Waals surface area (Å²) in [6, 6.07) is 38.3. The molecule has 5 atom stereocenters. The summed E-state index contributed by atoms with van der Waals surface area (Å²) in [6.07, 6.45) is -3.54. The van der Waals surface area contributed by atoms with Crippen molar-refractivity contribution < 1.29 is 37.7 Å². The number of ether oxygens (including phenoxy) is 5. The Morgan fingerprint density at radius 2 is 1.00 bits per heavy atom. The normalized spacial score (nSPS) is 14.7. The zero-order valence-corrected chi connectivity index (χ0v) is 34.4. The molecule has 10 heteroatoms. The highest BCUT2D eigenvalue weighted by atomic mass is 28.4. The Kier molecular flexibility index (Phi) is 17.3. The Labute approximate surface area is 328 Å². The fourth-order valence-electron chi connectivity index (χ4n) is 5.76. The minimum atomic E-state index is -2.31. The van der Waals surface area contributed by atoms with Gasteiger partial charge >= 0.3 is 5.97 Å². The molecule has 0 saturated heterocycles. The second-order valence-electron chi connectivity index (χ2n) is 15.3. The van der Waals surface area contributed by atoms with Crippen LogP contribution in [-0.2, 0) is 64.1 Å². The highest BCUT2D eigenvalue weighted by Crippen LogP contribution is 2.37. The first-order valence-electron chi connectivity index (χ1n) is 19.0. The van der Waals surface area contributed by atoms with Gasteiger partial charge in [-0.25, -0.2) is 0 Å². The zero-order chi connectivity index (χ0) is 39.7. The van der Waals surface area contributed by atoms with Crippen LogP contribution in [0.2, 0.25) is 18.1 Å². The van der Waals surface area contributed by atoms with Gasteiger partial charge in [-0.3, -0.25) is 9.59 Å². The third-order valence-corrected chi connectivity index (χ3v) is 14.3. The Morgan fingerprint density at radius 1 is 0.582 bits per heavy atom. The Bertz CT molecular complexity index is 1690. The summed E-state index contributed by atoms with van der Waals surface area (Å²) < 4.78 is 39.5. The Morgan fingerprint density at radius 3 is 1.42 bits per heavy atom. The molecule has 0 fully saturated rings. The minimum Gasteiger partial charge on any atom is -0.457 e. The molecule has 0 aliphatic heterocycles. The third kappa shape index (κ3) is 14.8. The molecule has 0 aliphatic carbocycles. The topological polar surface area (TPSA) is 102 Å². The first kappa shape index (κ1) is 43.6. The molecule has 0 unspecified atom stereocenters. The highest BCUT2D eigenvalue weighted by molar-refractivity contribution is 6.74. The van der Waals surface area contributed by atoms with Gasteiger partial charge in [0.15, 0.2) is 14.4 Å². The summed E-state index contributed by atoms with van der Waals surface area (Å²) in [5.74, 6) is -0.875. The van der Waals surface area contributed by atoms with E-state index in [4.69, 9.17) is 28.1 Å². The number of benzene rings is 4. The molecule has 1 amide bonds. The standard InChI is InChI=1S/C45H59NO8Si/c1-34(47)46-42(40(33-53-55(6,7)45(3,4)5)50-29-37-22-14-9-15-23-37)44(54-35(2)48)43(52-31-39-26-18-11-19-27-39)41(51-30-38-24-16-10-17-25-38)32-49-28-36-20-12-8-13-21-36/h8-27,40-44H,28-33H2,1-7H3,(H,46,47)/t40-,41+,42+,43+,44+/m0/s1. The van der Waals surface area contributed by atoms with Crippen LogP contribution >= 0.6 is 0 Å². The lowest BCUT2D eigenvalue weighted by Crippen LogP contribution is -2.61. The summed E-state index contributed by atoms with van der Waals surface area (Å²) in [5, 5.41) is 3.01. The van der Waals surface area contributed by atoms with Crippen molar-refractivity contribution >= 4 is 20.2 Å². The van der Waals surface area contributed by atoms with Gasteiger partial charge in [-0.15, -0.1) is 0 Å². The number of hydrogen-bond donors (Lipinski definition) is 1. The van der Waals surface area contributed by atoms with E-state index in [1.54, 1.807) is 0 Å². The van der Waals surface area contributed by atoms with E-state index >= 15 is 0 Å². The van der Waals surface area contributed by atoms with Crippen LogP contribution in [-0.4, -0.2) is 63.9 Å². The molecule has 4 aromatic carbocycles. The summed E-state index contributed by atoms with van der Waals surface area (Å²) in [5.41, 5.74) is 3.80. The van der Waals surface area contributed by atoms with Gasteiger partial charge in [-0.1, -0.05) is 142 Å². The van der Waals surface area contributed by atoms with Crippen LogP contribution < -0.4 is 5.32 Å². The van der Waals surface area contributed by atoms with E-state index in [-0.39, 0.29) is 44.0 Å². The maximum Gasteiger partial charge on any atom is 0.303 e. The summed E-state index contributed by atoms with van der Waals surface area (Å²) in [4.78, 5) is 26.3. The van der Waals surface area contributed by atoms with Crippen molar-refractivity contribution in [3.05, 3.63) is 144 Å². The largest absolute Gasteiger partial charge is 0.457 e. The van der Waals surface area contributed by atoms with Gasteiger partial charge in [0.05, 0.1) is 45.7 Å². The van der Waals surface area contributed by atoms with Crippen LogP contribution in [0.5, 0.6) is 0 Å². The van der Waals surface area contributed by atoms with Gasteiger partial charge in [-0.05, 0) is 40.4 Å². The van der Waals surface area contributed by atoms with Crippen molar-refractivity contribution in [2.45, 2.75) is 110 Å². The van der Waals surface area contributed by atoms with Gasteiger partial charge < -0.3 is 33.4 Å².